The second kappa shape index (κ2) is 6.56. The van der Waals surface area contributed by atoms with Gasteiger partial charge in [0.05, 0.1) is 0 Å². The van der Waals surface area contributed by atoms with Crippen LogP contribution in [0.1, 0.15) is 33.1 Å². The standard InChI is InChI=1S/C11H20N2O4/c1-3-7(2)9(10(14)15)13-17-11(16)8-5-4-6-12-8/h7-9,12-13H,3-6H2,1-2H3,(H,14,15)/t7-,8-,9-/m0/s1. The number of carbonyl (C=O) groups is 2. The molecule has 1 fully saturated rings. The lowest BCUT2D eigenvalue weighted by molar-refractivity contribution is -0.161. The minimum Gasteiger partial charge on any atom is -0.480 e. The maximum atomic E-state index is 11.5. The summed E-state index contributed by atoms with van der Waals surface area (Å²) >= 11 is 0. The van der Waals surface area contributed by atoms with Crippen molar-refractivity contribution in [3.8, 4) is 0 Å². The van der Waals surface area contributed by atoms with Crippen LogP contribution in [0.4, 0.5) is 0 Å². The van der Waals surface area contributed by atoms with Crippen LogP contribution in [0.3, 0.4) is 0 Å². The molecule has 3 atom stereocenters. The number of hydrogen-bond donors (Lipinski definition) is 3. The molecule has 1 aliphatic rings. The van der Waals surface area contributed by atoms with Crippen LogP contribution in [0.5, 0.6) is 0 Å². The van der Waals surface area contributed by atoms with E-state index in [1.165, 1.54) is 0 Å². The van der Waals surface area contributed by atoms with Crippen LogP contribution in [-0.2, 0) is 14.4 Å². The van der Waals surface area contributed by atoms with Crippen LogP contribution in [0.25, 0.3) is 0 Å². The molecule has 0 aromatic heterocycles. The second-order valence-corrected chi connectivity index (χ2v) is 4.39. The van der Waals surface area contributed by atoms with Gasteiger partial charge in [0.1, 0.15) is 12.1 Å². The van der Waals surface area contributed by atoms with Crippen molar-refractivity contribution < 1.29 is 19.5 Å². The van der Waals surface area contributed by atoms with Gasteiger partial charge < -0.3 is 15.3 Å². The predicted octanol–water partition coefficient (Wildman–Crippen LogP) is 0.286. The third kappa shape index (κ3) is 3.98. The SMILES string of the molecule is CC[C@H](C)[C@H](NOC(=O)[C@@H]1CCCN1)C(=O)O. The van der Waals surface area contributed by atoms with Gasteiger partial charge in [-0.1, -0.05) is 20.3 Å². The lowest BCUT2D eigenvalue weighted by Crippen LogP contribution is -2.45. The topological polar surface area (TPSA) is 87.7 Å². The fraction of sp³-hybridized carbons (Fsp3) is 0.818. The van der Waals surface area contributed by atoms with Crippen molar-refractivity contribution in [3.05, 3.63) is 0 Å². The molecule has 6 heteroatoms. The molecule has 0 spiro atoms. The third-order valence-electron chi connectivity index (χ3n) is 3.11. The highest BCUT2D eigenvalue weighted by Crippen LogP contribution is 2.09. The predicted molar refractivity (Wildman–Crippen MR) is 61.1 cm³/mol. The van der Waals surface area contributed by atoms with Gasteiger partial charge >= 0.3 is 11.9 Å². The van der Waals surface area contributed by atoms with Crippen molar-refractivity contribution in [2.45, 2.75) is 45.2 Å². The van der Waals surface area contributed by atoms with Gasteiger partial charge in [-0.05, 0) is 25.3 Å². The molecule has 1 saturated heterocycles. The van der Waals surface area contributed by atoms with Crippen molar-refractivity contribution in [1.82, 2.24) is 10.8 Å². The summed E-state index contributed by atoms with van der Waals surface area (Å²) in [7, 11) is 0. The van der Waals surface area contributed by atoms with Gasteiger partial charge in [-0.3, -0.25) is 4.79 Å². The largest absolute Gasteiger partial charge is 0.480 e. The quantitative estimate of drug-likeness (QED) is 0.582. The van der Waals surface area contributed by atoms with Crippen LogP contribution >= 0.6 is 0 Å². The van der Waals surface area contributed by atoms with E-state index in [-0.39, 0.29) is 12.0 Å². The molecule has 0 unspecified atom stereocenters. The Balaban J connectivity index is 2.40. The molecule has 1 heterocycles. The molecular weight excluding hydrogens is 224 g/mol. The summed E-state index contributed by atoms with van der Waals surface area (Å²) in [6.07, 6.45) is 2.37. The Labute approximate surface area is 101 Å². The van der Waals surface area contributed by atoms with E-state index < -0.39 is 18.0 Å². The molecule has 17 heavy (non-hydrogen) atoms. The Morgan fingerprint density at radius 3 is 2.76 bits per heavy atom. The van der Waals surface area contributed by atoms with E-state index in [0.717, 1.165) is 19.4 Å². The average molecular weight is 244 g/mol. The van der Waals surface area contributed by atoms with Crippen molar-refractivity contribution in [3.63, 3.8) is 0 Å². The van der Waals surface area contributed by atoms with E-state index in [4.69, 9.17) is 9.94 Å². The molecule has 6 nitrogen and oxygen atoms in total. The molecule has 3 N–H and O–H groups in total. The fourth-order valence-electron chi connectivity index (χ4n) is 1.72. The van der Waals surface area contributed by atoms with Crippen molar-refractivity contribution >= 4 is 11.9 Å². The fourth-order valence-corrected chi connectivity index (χ4v) is 1.72. The van der Waals surface area contributed by atoms with E-state index in [1.807, 2.05) is 6.92 Å². The average Bonchev–Trinajstić information content (AvgIpc) is 2.81. The molecule has 0 bridgehead atoms. The van der Waals surface area contributed by atoms with Crippen LogP contribution in [-0.4, -0.2) is 35.7 Å². The molecule has 1 aliphatic heterocycles. The maximum absolute atomic E-state index is 11.5. The van der Waals surface area contributed by atoms with Gasteiger partial charge in [0.2, 0.25) is 0 Å². The molecule has 98 valence electrons. The number of hydroxylamine groups is 1. The lowest BCUT2D eigenvalue weighted by atomic mass is 10.0. The van der Waals surface area contributed by atoms with Crippen LogP contribution in [0.15, 0.2) is 0 Å². The molecular formula is C11H20N2O4. The van der Waals surface area contributed by atoms with E-state index in [1.54, 1.807) is 6.92 Å². The molecule has 1 rings (SSSR count). The number of carboxylic acids is 1. The Morgan fingerprint density at radius 1 is 1.59 bits per heavy atom. The van der Waals surface area contributed by atoms with Gasteiger partial charge in [-0.25, -0.2) is 4.79 Å². The first kappa shape index (κ1) is 13.9. The summed E-state index contributed by atoms with van der Waals surface area (Å²) in [5, 5.41) is 12.0. The summed E-state index contributed by atoms with van der Waals surface area (Å²) in [5.74, 6) is -1.54. The minimum atomic E-state index is -1.01. The molecule has 0 radical (unpaired) electrons. The minimum absolute atomic E-state index is 0.100. The highest BCUT2D eigenvalue weighted by atomic mass is 16.7. The Hall–Kier alpha value is -1.14. The van der Waals surface area contributed by atoms with Gasteiger partial charge in [0, 0.05) is 0 Å². The van der Waals surface area contributed by atoms with E-state index in [2.05, 4.69) is 10.8 Å². The summed E-state index contributed by atoms with van der Waals surface area (Å²) in [5.41, 5.74) is 2.36. The Kier molecular flexibility index (Phi) is 5.37. The first-order chi connectivity index (χ1) is 8.06. The van der Waals surface area contributed by atoms with Crippen LogP contribution in [0, 0.1) is 5.92 Å². The number of carboxylic acid groups (broad SMARTS) is 1. The molecule has 0 aromatic carbocycles. The number of aliphatic carboxylic acids is 1. The Bertz CT molecular complexity index is 277. The first-order valence-corrected chi connectivity index (χ1v) is 5.98. The normalized spacial score (nSPS) is 23.1. The summed E-state index contributed by atoms with van der Waals surface area (Å²) < 4.78 is 0. The molecule has 0 aromatic rings. The Morgan fingerprint density at radius 2 is 2.29 bits per heavy atom. The van der Waals surface area contributed by atoms with Gasteiger partial charge in [0.15, 0.2) is 0 Å². The summed E-state index contributed by atoms with van der Waals surface area (Å²) in [6, 6.07) is -1.17. The number of nitrogens with one attached hydrogen (secondary N) is 2. The third-order valence-corrected chi connectivity index (χ3v) is 3.11. The van der Waals surface area contributed by atoms with Crippen molar-refractivity contribution in [2.24, 2.45) is 5.92 Å². The number of carbonyl (C=O) groups excluding carboxylic acids is 1. The van der Waals surface area contributed by atoms with Crippen LogP contribution < -0.4 is 10.8 Å². The first-order valence-electron chi connectivity index (χ1n) is 5.98. The lowest BCUT2D eigenvalue weighted by Gasteiger charge is -2.20. The summed E-state index contributed by atoms with van der Waals surface area (Å²) in [6.45, 7) is 4.49. The number of rotatable bonds is 6. The monoisotopic (exact) mass is 244 g/mol. The molecule has 0 amide bonds. The van der Waals surface area contributed by atoms with Gasteiger partial charge in [-0.15, -0.1) is 5.48 Å². The van der Waals surface area contributed by atoms with E-state index in [0.29, 0.717) is 6.42 Å². The van der Waals surface area contributed by atoms with E-state index >= 15 is 0 Å². The molecule has 0 saturated carbocycles. The summed E-state index contributed by atoms with van der Waals surface area (Å²) in [4.78, 5) is 27.3. The van der Waals surface area contributed by atoms with Crippen LogP contribution in [0.2, 0.25) is 0 Å². The highest BCUT2D eigenvalue weighted by molar-refractivity contribution is 5.77. The maximum Gasteiger partial charge on any atom is 0.341 e. The van der Waals surface area contributed by atoms with Crippen molar-refractivity contribution in [2.75, 3.05) is 6.54 Å². The smallest absolute Gasteiger partial charge is 0.341 e. The zero-order valence-corrected chi connectivity index (χ0v) is 10.2. The van der Waals surface area contributed by atoms with Crippen molar-refractivity contribution in [1.29, 1.82) is 0 Å². The highest BCUT2D eigenvalue weighted by Gasteiger charge is 2.28. The number of hydrogen-bond acceptors (Lipinski definition) is 5. The second-order valence-electron chi connectivity index (χ2n) is 4.39. The zero-order chi connectivity index (χ0) is 12.8. The molecule has 0 aliphatic carbocycles. The zero-order valence-electron chi connectivity index (χ0n) is 10.2. The van der Waals surface area contributed by atoms with Gasteiger partial charge in [0.25, 0.3) is 0 Å². The van der Waals surface area contributed by atoms with Gasteiger partial charge in [-0.2, -0.15) is 0 Å². The van der Waals surface area contributed by atoms with E-state index in [9.17, 15) is 9.59 Å².